The fourth-order valence-corrected chi connectivity index (χ4v) is 1.61. The molecular weight excluding hydrogens is 223 g/mol. The van der Waals surface area contributed by atoms with Gasteiger partial charge in [-0.1, -0.05) is 28.1 Å². The van der Waals surface area contributed by atoms with E-state index in [1.807, 2.05) is 19.1 Å². The zero-order valence-electron chi connectivity index (χ0n) is 6.35. The maximum Gasteiger partial charge on any atom is 0.0348 e. The SMILES string of the molecule is CC(Cl)Cc1cccc(Br)c1. The highest BCUT2D eigenvalue weighted by atomic mass is 79.9. The molecule has 1 atom stereocenters. The summed E-state index contributed by atoms with van der Waals surface area (Å²) in [6.45, 7) is 2.00. The third-order valence-electron chi connectivity index (χ3n) is 1.41. The van der Waals surface area contributed by atoms with Crippen LogP contribution in [0.2, 0.25) is 0 Å². The van der Waals surface area contributed by atoms with Gasteiger partial charge in [-0.3, -0.25) is 0 Å². The van der Waals surface area contributed by atoms with E-state index in [4.69, 9.17) is 11.6 Å². The van der Waals surface area contributed by atoms with Crippen molar-refractivity contribution >= 4 is 27.5 Å². The second-order valence-electron chi connectivity index (χ2n) is 2.61. The van der Waals surface area contributed by atoms with Gasteiger partial charge in [-0.2, -0.15) is 0 Å². The molecule has 2 heteroatoms. The third-order valence-corrected chi connectivity index (χ3v) is 2.05. The molecule has 0 saturated carbocycles. The van der Waals surface area contributed by atoms with Gasteiger partial charge in [0.2, 0.25) is 0 Å². The minimum Gasteiger partial charge on any atom is -0.123 e. The topological polar surface area (TPSA) is 0 Å². The van der Waals surface area contributed by atoms with Crippen molar-refractivity contribution in [2.45, 2.75) is 18.7 Å². The highest BCUT2D eigenvalue weighted by Crippen LogP contribution is 2.14. The van der Waals surface area contributed by atoms with Crippen LogP contribution in [0, 0.1) is 0 Å². The Balaban J connectivity index is 2.71. The van der Waals surface area contributed by atoms with Gasteiger partial charge in [0.1, 0.15) is 0 Å². The lowest BCUT2D eigenvalue weighted by atomic mass is 10.1. The summed E-state index contributed by atoms with van der Waals surface area (Å²) in [7, 11) is 0. The van der Waals surface area contributed by atoms with Gasteiger partial charge in [-0.15, -0.1) is 11.6 Å². The molecule has 1 aromatic carbocycles. The van der Waals surface area contributed by atoms with Gasteiger partial charge in [-0.05, 0) is 31.0 Å². The third kappa shape index (κ3) is 3.26. The van der Waals surface area contributed by atoms with Gasteiger partial charge >= 0.3 is 0 Å². The number of alkyl halides is 1. The smallest absolute Gasteiger partial charge is 0.0348 e. The summed E-state index contributed by atoms with van der Waals surface area (Å²) in [6, 6.07) is 8.23. The number of rotatable bonds is 2. The van der Waals surface area contributed by atoms with E-state index in [2.05, 4.69) is 28.1 Å². The second-order valence-corrected chi connectivity index (χ2v) is 4.28. The van der Waals surface area contributed by atoms with Crippen LogP contribution in [0.4, 0.5) is 0 Å². The highest BCUT2D eigenvalue weighted by Gasteiger charge is 1.98. The Labute approximate surface area is 80.7 Å². The number of halogens is 2. The van der Waals surface area contributed by atoms with Gasteiger partial charge in [0, 0.05) is 9.85 Å². The van der Waals surface area contributed by atoms with E-state index in [1.54, 1.807) is 0 Å². The Morgan fingerprint density at radius 1 is 1.55 bits per heavy atom. The van der Waals surface area contributed by atoms with E-state index in [-0.39, 0.29) is 5.38 Å². The predicted molar refractivity (Wildman–Crippen MR) is 53.2 cm³/mol. The van der Waals surface area contributed by atoms with Crippen molar-refractivity contribution < 1.29 is 0 Å². The summed E-state index contributed by atoms with van der Waals surface area (Å²) >= 11 is 9.26. The lowest BCUT2D eigenvalue weighted by molar-refractivity contribution is 0.930. The zero-order chi connectivity index (χ0) is 8.27. The van der Waals surface area contributed by atoms with Crippen LogP contribution in [0.3, 0.4) is 0 Å². The molecule has 1 aromatic rings. The van der Waals surface area contributed by atoms with Crippen LogP contribution in [0.25, 0.3) is 0 Å². The molecule has 0 radical (unpaired) electrons. The molecule has 0 aromatic heterocycles. The molecular formula is C9H10BrCl. The van der Waals surface area contributed by atoms with Crippen LogP contribution < -0.4 is 0 Å². The standard InChI is InChI=1S/C9H10BrCl/c1-7(11)5-8-3-2-4-9(10)6-8/h2-4,6-7H,5H2,1H3. The average Bonchev–Trinajstić information content (AvgIpc) is 1.85. The van der Waals surface area contributed by atoms with Crippen LogP contribution in [-0.2, 0) is 6.42 Å². The lowest BCUT2D eigenvalue weighted by Crippen LogP contribution is -1.96. The molecule has 0 aliphatic rings. The van der Waals surface area contributed by atoms with Crippen molar-refractivity contribution in [1.29, 1.82) is 0 Å². The molecule has 0 N–H and O–H groups in total. The second kappa shape index (κ2) is 4.13. The highest BCUT2D eigenvalue weighted by molar-refractivity contribution is 9.10. The molecule has 11 heavy (non-hydrogen) atoms. The fraction of sp³-hybridized carbons (Fsp3) is 0.333. The van der Waals surface area contributed by atoms with E-state index in [0.29, 0.717) is 0 Å². The first kappa shape index (κ1) is 9.08. The molecule has 0 bridgehead atoms. The fourth-order valence-electron chi connectivity index (χ4n) is 0.989. The maximum atomic E-state index is 5.85. The first-order valence-electron chi connectivity index (χ1n) is 3.57. The van der Waals surface area contributed by atoms with Gasteiger partial charge in [0.15, 0.2) is 0 Å². The summed E-state index contributed by atoms with van der Waals surface area (Å²) < 4.78 is 1.12. The molecule has 0 nitrogen and oxygen atoms in total. The Morgan fingerprint density at radius 3 is 2.82 bits per heavy atom. The summed E-state index contributed by atoms with van der Waals surface area (Å²) in [4.78, 5) is 0. The van der Waals surface area contributed by atoms with Crippen molar-refractivity contribution in [3.05, 3.63) is 34.3 Å². The molecule has 1 unspecified atom stereocenters. The minimum atomic E-state index is 0.212. The summed E-state index contributed by atoms with van der Waals surface area (Å²) in [6.07, 6.45) is 0.932. The minimum absolute atomic E-state index is 0.212. The lowest BCUT2D eigenvalue weighted by Gasteiger charge is -2.02. The van der Waals surface area contributed by atoms with E-state index in [0.717, 1.165) is 10.9 Å². The Hall–Kier alpha value is -0.0100. The van der Waals surface area contributed by atoms with Gasteiger partial charge in [0.05, 0.1) is 0 Å². The summed E-state index contributed by atoms with van der Waals surface area (Å²) in [5, 5.41) is 0.212. The van der Waals surface area contributed by atoms with Gasteiger partial charge < -0.3 is 0 Å². The quantitative estimate of drug-likeness (QED) is 0.685. The number of hydrogen-bond acceptors (Lipinski definition) is 0. The Kier molecular flexibility index (Phi) is 3.41. The van der Waals surface area contributed by atoms with E-state index in [9.17, 15) is 0 Å². The first-order valence-corrected chi connectivity index (χ1v) is 4.80. The van der Waals surface area contributed by atoms with Crippen molar-refractivity contribution in [3.63, 3.8) is 0 Å². The van der Waals surface area contributed by atoms with Crippen molar-refractivity contribution in [1.82, 2.24) is 0 Å². The summed E-state index contributed by atoms with van der Waals surface area (Å²) in [5.41, 5.74) is 1.28. The van der Waals surface area contributed by atoms with E-state index in [1.165, 1.54) is 5.56 Å². The van der Waals surface area contributed by atoms with Gasteiger partial charge in [0.25, 0.3) is 0 Å². The van der Waals surface area contributed by atoms with Crippen molar-refractivity contribution in [3.8, 4) is 0 Å². The molecule has 1 rings (SSSR count). The van der Waals surface area contributed by atoms with Crippen LogP contribution in [0.15, 0.2) is 28.7 Å². The van der Waals surface area contributed by atoms with Crippen molar-refractivity contribution in [2.75, 3.05) is 0 Å². The largest absolute Gasteiger partial charge is 0.123 e. The normalized spacial score (nSPS) is 13.0. The van der Waals surface area contributed by atoms with Crippen molar-refractivity contribution in [2.24, 2.45) is 0 Å². The first-order chi connectivity index (χ1) is 5.18. The molecule has 0 aliphatic carbocycles. The van der Waals surface area contributed by atoms with Crippen LogP contribution in [0.1, 0.15) is 12.5 Å². The molecule has 0 spiro atoms. The molecule has 60 valence electrons. The van der Waals surface area contributed by atoms with E-state index < -0.39 is 0 Å². The number of hydrogen-bond donors (Lipinski definition) is 0. The molecule has 0 fully saturated rings. The average molecular weight is 234 g/mol. The van der Waals surface area contributed by atoms with Crippen LogP contribution in [0.5, 0.6) is 0 Å². The monoisotopic (exact) mass is 232 g/mol. The molecule has 0 saturated heterocycles. The molecule has 0 amide bonds. The zero-order valence-corrected chi connectivity index (χ0v) is 8.69. The Bertz CT molecular complexity index is 233. The van der Waals surface area contributed by atoms with Crippen LogP contribution in [-0.4, -0.2) is 5.38 Å². The molecule has 0 heterocycles. The van der Waals surface area contributed by atoms with E-state index >= 15 is 0 Å². The summed E-state index contributed by atoms with van der Waals surface area (Å²) in [5.74, 6) is 0. The predicted octanol–water partition coefficient (Wildman–Crippen LogP) is 3.62. The van der Waals surface area contributed by atoms with Crippen LogP contribution >= 0.6 is 27.5 Å². The molecule has 0 aliphatic heterocycles. The van der Waals surface area contributed by atoms with Gasteiger partial charge in [-0.25, -0.2) is 0 Å². The number of benzene rings is 1. The maximum absolute atomic E-state index is 5.85. The Morgan fingerprint density at radius 2 is 2.27 bits per heavy atom.